The molecular formula is C6H12O3. The SMILES string of the molecule is C[C@@H](O)CC1OCCO1. The van der Waals surface area contributed by atoms with Crippen LogP contribution in [0, 0.1) is 0 Å². The van der Waals surface area contributed by atoms with Gasteiger partial charge in [-0.1, -0.05) is 0 Å². The lowest BCUT2D eigenvalue weighted by molar-refractivity contribution is -0.0672. The van der Waals surface area contributed by atoms with Gasteiger partial charge in [-0.05, 0) is 6.92 Å². The summed E-state index contributed by atoms with van der Waals surface area (Å²) in [4.78, 5) is 0. The second-order valence-electron chi connectivity index (χ2n) is 2.26. The van der Waals surface area contributed by atoms with E-state index in [1.165, 1.54) is 0 Å². The molecule has 3 heteroatoms. The van der Waals surface area contributed by atoms with E-state index in [-0.39, 0.29) is 12.4 Å². The minimum Gasteiger partial charge on any atom is -0.393 e. The Labute approximate surface area is 54.6 Å². The molecule has 0 aromatic heterocycles. The van der Waals surface area contributed by atoms with Crippen LogP contribution in [0.3, 0.4) is 0 Å². The summed E-state index contributed by atoms with van der Waals surface area (Å²) in [6, 6.07) is 0. The number of hydrogen-bond acceptors (Lipinski definition) is 3. The van der Waals surface area contributed by atoms with E-state index in [2.05, 4.69) is 0 Å². The summed E-state index contributed by atoms with van der Waals surface area (Å²) in [6.07, 6.45) is 0.0955. The van der Waals surface area contributed by atoms with Crippen LogP contribution >= 0.6 is 0 Å². The van der Waals surface area contributed by atoms with Crippen molar-refractivity contribution in [2.45, 2.75) is 25.7 Å². The van der Waals surface area contributed by atoms with Crippen LogP contribution in [0.25, 0.3) is 0 Å². The molecule has 3 nitrogen and oxygen atoms in total. The highest BCUT2D eigenvalue weighted by molar-refractivity contribution is 4.55. The van der Waals surface area contributed by atoms with Crippen LogP contribution in [0.4, 0.5) is 0 Å². The van der Waals surface area contributed by atoms with E-state index >= 15 is 0 Å². The second kappa shape index (κ2) is 3.15. The van der Waals surface area contributed by atoms with Crippen molar-refractivity contribution in [1.82, 2.24) is 0 Å². The summed E-state index contributed by atoms with van der Waals surface area (Å²) in [5.41, 5.74) is 0. The molecule has 0 amide bonds. The summed E-state index contributed by atoms with van der Waals surface area (Å²) in [5, 5.41) is 8.85. The number of aliphatic hydroxyl groups is 1. The third-order valence-corrected chi connectivity index (χ3v) is 1.22. The van der Waals surface area contributed by atoms with E-state index in [1.807, 2.05) is 0 Å². The molecule has 1 aliphatic heterocycles. The highest BCUT2D eigenvalue weighted by Gasteiger charge is 2.17. The van der Waals surface area contributed by atoms with E-state index in [0.717, 1.165) is 0 Å². The molecule has 0 aliphatic carbocycles. The predicted octanol–water partition coefficient (Wildman–Crippen LogP) is 0.130. The van der Waals surface area contributed by atoms with Gasteiger partial charge in [-0.15, -0.1) is 0 Å². The molecule has 1 N–H and O–H groups in total. The lowest BCUT2D eigenvalue weighted by Gasteiger charge is -2.09. The van der Waals surface area contributed by atoms with E-state index in [0.29, 0.717) is 19.6 Å². The molecule has 0 aromatic carbocycles. The van der Waals surface area contributed by atoms with Gasteiger partial charge in [-0.2, -0.15) is 0 Å². The molecule has 0 saturated carbocycles. The van der Waals surface area contributed by atoms with Gasteiger partial charge in [-0.3, -0.25) is 0 Å². The molecule has 1 saturated heterocycles. The average Bonchev–Trinajstić information content (AvgIpc) is 2.15. The standard InChI is InChI=1S/C6H12O3/c1-5(7)4-6-8-2-3-9-6/h5-7H,2-4H2,1H3/t5-/m1/s1. The first-order valence-electron chi connectivity index (χ1n) is 3.20. The first-order valence-corrected chi connectivity index (χ1v) is 3.20. The van der Waals surface area contributed by atoms with Crippen LogP contribution in [0.1, 0.15) is 13.3 Å². The molecule has 54 valence electrons. The average molecular weight is 132 g/mol. The Morgan fingerprint density at radius 1 is 1.56 bits per heavy atom. The Balaban J connectivity index is 2.11. The van der Waals surface area contributed by atoms with Crippen molar-refractivity contribution in [2.75, 3.05) is 13.2 Å². The molecule has 1 atom stereocenters. The fraction of sp³-hybridized carbons (Fsp3) is 1.00. The van der Waals surface area contributed by atoms with Gasteiger partial charge in [-0.25, -0.2) is 0 Å². The van der Waals surface area contributed by atoms with Crippen LogP contribution in [0.15, 0.2) is 0 Å². The molecule has 0 bridgehead atoms. The first kappa shape index (κ1) is 6.99. The molecule has 0 spiro atoms. The lowest BCUT2D eigenvalue weighted by Crippen LogP contribution is -2.15. The fourth-order valence-electron chi connectivity index (χ4n) is 0.822. The van der Waals surface area contributed by atoms with Crippen LogP contribution in [-0.4, -0.2) is 30.7 Å². The highest BCUT2D eigenvalue weighted by atomic mass is 16.7. The molecule has 1 fully saturated rings. The zero-order valence-electron chi connectivity index (χ0n) is 5.54. The summed E-state index contributed by atoms with van der Waals surface area (Å²) in [6.45, 7) is 3.06. The Morgan fingerprint density at radius 2 is 2.11 bits per heavy atom. The van der Waals surface area contributed by atoms with Crippen molar-refractivity contribution in [3.8, 4) is 0 Å². The molecule has 0 unspecified atom stereocenters. The van der Waals surface area contributed by atoms with Gasteiger partial charge in [0.05, 0.1) is 19.3 Å². The van der Waals surface area contributed by atoms with E-state index < -0.39 is 0 Å². The van der Waals surface area contributed by atoms with Gasteiger partial charge in [0.25, 0.3) is 0 Å². The predicted molar refractivity (Wildman–Crippen MR) is 32.0 cm³/mol. The second-order valence-corrected chi connectivity index (χ2v) is 2.26. The smallest absolute Gasteiger partial charge is 0.160 e. The van der Waals surface area contributed by atoms with Crippen LogP contribution < -0.4 is 0 Å². The summed E-state index contributed by atoms with van der Waals surface area (Å²) < 4.78 is 10.2. The van der Waals surface area contributed by atoms with E-state index in [4.69, 9.17) is 14.6 Å². The maximum atomic E-state index is 8.85. The van der Waals surface area contributed by atoms with Gasteiger partial charge in [0.15, 0.2) is 6.29 Å². The van der Waals surface area contributed by atoms with Crippen molar-refractivity contribution in [1.29, 1.82) is 0 Å². The molecule has 1 aliphatic rings. The van der Waals surface area contributed by atoms with Crippen molar-refractivity contribution in [3.05, 3.63) is 0 Å². The summed E-state index contributed by atoms with van der Waals surface area (Å²) in [5.74, 6) is 0. The van der Waals surface area contributed by atoms with Crippen molar-refractivity contribution in [3.63, 3.8) is 0 Å². The zero-order valence-corrected chi connectivity index (χ0v) is 5.54. The first-order chi connectivity index (χ1) is 4.29. The zero-order chi connectivity index (χ0) is 6.69. The van der Waals surface area contributed by atoms with Crippen LogP contribution in [-0.2, 0) is 9.47 Å². The molecule has 9 heavy (non-hydrogen) atoms. The number of ether oxygens (including phenoxy) is 2. The number of rotatable bonds is 2. The van der Waals surface area contributed by atoms with Gasteiger partial charge in [0.2, 0.25) is 0 Å². The number of hydrogen-bond donors (Lipinski definition) is 1. The molecule has 0 aromatic rings. The molecule has 0 radical (unpaired) electrons. The fourth-order valence-corrected chi connectivity index (χ4v) is 0.822. The lowest BCUT2D eigenvalue weighted by atomic mass is 10.3. The largest absolute Gasteiger partial charge is 0.393 e. The van der Waals surface area contributed by atoms with Crippen molar-refractivity contribution in [2.24, 2.45) is 0 Å². The summed E-state index contributed by atoms with van der Waals surface area (Å²) >= 11 is 0. The monoisotopic (exact) mass is 132 g/mol. The normalized spacial score (nSPS) is 24.7. The maximum absolute atomic E-state index is 8.85. The molecule has 1 heterocycles. The van der Waals surface area contributed by atoms with Crippen molar-refractivity contribution < 1.29 is 14.6 Å². The third-order valence-electron chi connectivity index (χ3n) is 1.22. The minimum absolute atomic E-state index is 0.162. The quantitative estimate of drug-likeness (QED) is 0.580. The van der Waals surface area contributed by atoms with Gasteiger partial charge in [0.1, 0.15) is 0 Å². The topological polar surface area (TPSA) is 38.7 Å². The van der Waals surface area contributed by atoms with Crippen molar-refractivity contribution >= 4 is 0 Å². The Kier molecular flexibility index (Phi) is 2.45. The van der Waals surface area contributed by atoms with Gasteiger partial charge < -0.3 is 14.6 Å². The van der Waals surface area contributed by atoms with Gasteiger partial charge >= 0.3 is 0 Å². The van der Waals surface area contributed by atoms with E-state index in [1.54, 1.807) is 6.92 Å². The Hall–Kier alpha value is -0.120. The van der Waals surface area contributed by atoms with E-state index in [9.17, 15) is 0 Å². The summed E-state index contributed by atoms with van der Waals surface area (Å²) in [7, 11) is 0. The molecular weight excluding hydrogens is 120 g/mol. The molecule has 1 rings (SSSR count). The Bertz CT molecular complexity index is 76.4. The van der Waals surface area contributed by atoms with Crippen LogP contribution in [0.2, 0.25) is 0 Å². The number of aliphatic hydroxyl groups excluding tert-OH is 1. The van der Waals surface area contributed by atoms with Gasteiger partial charge in [0, 0.05) is 6.42 Å². The third kappa shape index (κ3) is 2.30. The minimum atomic E-state index is -0.326. The maximum Gasteiger partial charge on any atom is 0.160 e. The van der Waals surface area contributed by atoms with Crippen LogP contribution in [0.5, 0.6) is 0 Å². The highest BCUT2D eigenvalue weighted by Crippen LogP contribution is 2.09. The Morgan fingerprint density at radius 3 is 2.56 bits per heavy atom.